The van der Waals surface area contributed by atoms with Crippen molar-refractivity contribution >= 4 is 17.5 Å². The molecule has 1 aliphatic heterocycles. The van der Waals surface area contributed by atoms with Gasteiger partial charge in [-0.05, 0) is 36.6 Å². The molecule has 7 heteroatoms. The standard InChI is InChI=1S/C23H28N4O3/c1-13(2)15-4-6-17(7-5-15)30-12-21(28)27-10-19-20(11-27)22(19)26-23(29)18-8-16(24)9-25-14(18)3/h4-9,13,19-20,22H,10-12,24H2,1-3H3,(H,26,29)/t19-,20+,22?. The van der Waals surface area contributed by atoms with E-state index in [4.69, 9.17) is 10.5 Å². The van der Waals surface area contributed by atoms with Gasteiger partial charge in [-0.2, -0.15) is 0 Å². The summed E-state index contributed by atoms with van der Waals surface area (Å²) >= 11 is 0. The number of piperidine rings is 1. The van der Waals surface area contributed by atoms with Gasteiger partial charge in [0.25, 0.3) is 11.8 Å². The third-order valence-electron chi connectivity index (χ3n) is 6.11. The number of likely N-dealkylation sites (tertiary alicyclic amines) is 1. The van der Waals surface area contributed by atoms with Crippen LogP contribution in [0.3, 0.4) is 0 Å². The monoisotopic (exact) mass is 408 g/mol. The molecule has 3 atom stereocenters. The van der Waals surface area contributed by atoms with Crippen molar-refractivity contribution in [1.82, 2.24) is 15.2 Å². The lowest BCUT2D eigenvalue weighted by molar-refractivity contribution is -0.132. The third-order valence-corrected chi connectivity index (χ3v) is 6.11. The van der Waals surface area contributed by atoms with Crippen LogP contribution in [-0.4, -0.2) is 47.4 Å². The molecule has 2 heterocycles. The Labute approximate surface area is 176 Å². The summed E-state index contributed by atoms with van der Waals surface area (Å²) in [5, 5.41) is 3.07. The molecule has 2 aliphatic rings. The predicted molar refractivity (Wildman–Crippen MR) is 114 cm³/mol. The lowest BCUT2D eigenvalue weighted by Crippen LogP contribution is -2.39. The van der Waals surface area contributed by atoms with Crippen LogP contribution in [0.25, 0.3) is 0 Å². The molecule has 7 nitrogen and oxygen atoms in total. The highest BCUT2D eigenvalue weighted by Crippen LogP contribution is 2.45. The fourth-order valence-corrected chi connectivity index (χ4v) is 4.14. The molecular formula is C23H28N4O3. The van der Waals surface area contributed by atoms with Crippen molar-refractivity contribution in [2.45, 2.75) is 32.7 Å². The van der Waals surface area contributed by atoms with Crippen molar-refractivity contribution in [3.05, 3.63) is 53.3 Å². The number of fused-ring (bicyclic) bond motifs is 1. The SMILES string of the molecule is Cc1ncc(N)cc1C(=O)NC1[C@H]2CN(C(=O)COc3ccc(C(C)C)cc3)C[C@@H]12. The Bertz CT molecular complexity index is 945. The molecule has 1 saturated heterocycles. The number of pyridine rings is 1. The van der Waals surface area contributed by atoms with E-state index in [0.29, 0.717) is 53.5 Å². The van der Waals surface area contributed by atoms with E-state index >= 15 is 0 Å². The molecule has 158 valence electrons. The van der Waals surface area contributed by atoms with Crippen LogP contribution in [0, 0.1) is 18.8 Å². The number of rotatable bonds is 6. The van der Waals surface area contributed by atoms with Crippen molar-refractivity contribution in [3.8, 4) is 5.75 Å². The second-order valence-electron chi connectivity index (χ2n) is 8.54. The molecule has 1 aliphatic carbocycles. The van der Waals surface area contributed by atoms with Crippen molar-refractivity contribution < 1.29 is 14.3 Å². The van der Waals surface area contributed by atoms with E-state index in [1.54, 1.807) is 19.2 Å². The normalized spacial score (nSPS) is 22.0. The molecule has 2 fully saturated rings. The summed E-state index contributed by atoms with van der Waals surface area (Å²) in [4.78, 5) is 31.0. The number of nitrogen functional groups attached to an aromatic ring is 1. The van der Waals surface area contributed by atoms with E-state index < -0.39 is 0 Å². The Balaban J connectivity index is 1.24. The molecule has 2 aromatic rings. The minimum Gasteiger partial charge on any atom is -0.484 e. The number of amides is 2. The largest absolute Gasteiger partial charge is 0.484 e. The van der Waals surface area contributed by atoms with Gasteiger partial charge in [0.15, 0.2) is 6.61 Å². The maximum absolute atomic E-state index is 12.5. The number of hydrogen-bond acceptors (Lipinski definition) is 5. The van der Waals surface area contributed by atoms with E-state index in [0.717, 1.165) is 0 Å². The van der Waals surface area contributed by atoms with E-state index in [-0.39, 0.29) is 24.5 Å². The zero-order valence-electron chi connectivity index (χ0n) is 17.6. The summed E-state index contributed by atoms with van der Waals surface area (Å²) in [6.45, 7) is 7.41. The predicted octanol–water partition coefficient (Wildman–Crippen LogP) is 2.36. The zero-order valence-corrected chi connectivity index (χ0v) is 17.6. The van der Waals surface area contributed by atoms with Crippen LogP contribution >= 0.6 is 0 Å². The van der Waals surface area contributed by atoms with Gasteiger partial charge in [0.1, 0.15) is 5.75 Å². The number of hydrogen-bond donors (Lipinski definition) is 2. The van der Waals surface area contributed by atoms with Crippen LogP contribution in [0.5, 0.6) is 5.75 Å². The van der Waals surface area contributed by atoms with Gasteiger partial charge in [-0.1, -0.05) is 26.0 Å². The van der Waals surface area contributed by atoms with Crippen molar-refractivity contribution in [2.75, 3.05) is 25.4 Å². The molecule has 0 radical (unpaired) electrons. The highest BCUT2D eigenvalue weighted by atomic mass is 16.5. The molecule has 4 rings (SSSR count). The van der Waals surface area contributed by atoms with Crippen LogP contribution in [0.1, 0.15) is 41.4 Å². The Morgan fingerprint density at radius 3 is 2.53 bits per heavy atom. The summed E-state index contributed by atoms with van der Waals surface area (Å²) in [5.74, 6) is 1.60. The number of benzene rings is 1. The molecule has 1 aromatic heterocycles. The summed E-state index contributed by atoms with van der Waals surface area (Å²) in [6.07, 6.45) is 1.54. The lowest BCUT2D eigenvalue weighted by Gasteiger charge is -2.20. The number of aryl methyl sites for hydroxylation is 1. The fourth-order valence-electron chi connectivity index (χ4n) is 4.14. The summed E-state index contributed by atoms with van der Waals surface area (Å²) in [6, 6.07) is 9.62. The zero-order chi connectivity index (χ0) is 21.4. The van der Waals surface area contributed by atoms with Gasteiger partial charge in [-0.25, -0.2) is 0 Å². The molecule has 1 saturated carbocycles. The molecule has 30 heavy (non-hydrogen) atoms. The number of nitrogens with zero attached hydrogens (tertiary/aromatic N) is 2. The fraction of sp³-hybridized carbons (Fsp3) is 0.435. The lowest BCUT2D eigenvalue weighted by atomic mass is 10.0. The first-order chi connectivity index (χ1) is 14.3. The van der Waals surface area contributed by atoms with Crippen LogP contribution < -0.4 is 15.8 Å². The minimum absolute atomic E-state index is 0.0175. The molecule has 0 bridgehead atoms. The Morgan fingerprint density at radius 2 is 1.90 bits per heavy atom. The third kappa shape index (κ3) is 4.10. The van der Waals surface area contributed by atoms with Gasteiger partial charge in [0.2, 0.25) is 0 Å². The number of nitrogens with two attached hydrogens (primary N) is 1. The van der Waals surface area contributed by atoms with Crippen LogP contribution in [-0.2, 0) is 4.79 Å². The van der Waals surface area contributed by atoms with E-state index in [2.05, 4.69) is 24.1 Å². The first-order valence-corrected chi connectivity index (χ1v) is 10.4. The number of carbonyl (C=O) groups is 2. The maximum Gasteiger partial charge on any atom is 0.260 e. The molecule has 1 unspecified atom stereocenters. The molecule has 2 amide bonds. The van der Waals surface area contributed by atoms with Crippen molar-refractivity contribution in [2.24, 2.45) is 11.8 Å². The molecule has 1 aromatic carbocycles. The molecule has 0 spiro atoms. The van der Waals surface area contributed by atoms with Crippen LogP contribution in [0.2, 0.25) is 0 Å². The minimum atomic E-state index is -0.155. The van der Waals surface area contributed by atoms with E-state index in [1.807, 2.05) is 29.2 Å². The second-order valence-corrected chi connectivity index (χ2v) is 8.54. The number of nitrogens with one attached hydrogen (secondary N) is 1. The summed E-state index contributed by atoms with van der Waals surface area (Å²) < 4.78 is 5.66. The maximum atomic E-state index is 12.5. The average molecular weight is 409 g/mol. The van der Waals surface area contributed by atoms with Gasteiger partial charge in [0, 0.05) is 31.0 Å². The first-order valence-electron chi connectivity index (χ1n) is 10.4. The second kappa shape index (κ2) is 7.97. The Hall–Kier alpha value is -3.09. The van der Waals surface area contributed by atoms with Gasteiger partial charge in [0.05, 0.1) is 23.1 Å². The van der Waals surface area contributed by atoms with Crippen LogP contribution in [0.4, 0.5) is 5.69 Å². The number of ether oxygens (including phenoxy) is 1. The Morgan fingerprint density at radius 1 is 1.23 bits per heavy atom. The highest BCUT2D eigenvalue weighted by Gasteiger charge is 2.57. The molecular weight excluding hydrogens is 380 g/mol. The number of carbonyl (C=O) groups excluding carboxylic acids is 2. The van der Waals surface area contributed by atoms with Gasteiger partial charge in [-0.3, -0.25) is 14.6 Å². The van der Waals surface area contributed by atoms with Crippen molar-refractivity contribution in [1.29, 1.82) is 0 Å². The average Bonchev–Trinajstić information content (AvgIpc) is 3.16. The quantitative estimate of drug-likeness (QED) is 0.765. The van der Waals surface area contributed by atoms with Crippen molar-refractivity contribution in [3.63, 3.8) is 0 Å². The Kier molecular flexibility index (Phi) is 5.37. The number of anilines is 1. The number of aromatic nitrogens is 1. The summed E-state index contributed by atoms with van der Waals surface area (Å²) in [7, 11) is 0. The van der Waals surface area contributed by atoms with Crippen LogP contribution in [0.15, 0.2) is 36.5 Å². The van der Waals surface area contributed by atoms with E-state index in [9.17, 15) is 9.59 Å². The highest BCUT2D eigenvalue weighted by molar-refractivity contribution is 5.96. The van der Waals surface area contributed by atoms with Gasteiger partial charge < -0.3 is 20.7 Å². The van der Waals surface area contributed by atoms with Gasteiger partial charge >= 0.3 is 0 Å². The van der Waals surface area contributed by atoms with E-state index in [1.165, 1.54) is 5.56 Å². The van der Waals surface area contributed by atoms with Gasteiger partial charge in [-0.15, -0.1) is 0 Å². The molecule has 3 N–H and O–H groups in total. The summed E-state index contributed by atoms with van der Waals surface area (Å²) in [5.41, 5.74) is 8.62. The first kappa shape index (κ1) is 20.2. The smallest absolute Gasteiger partial charge is 0.260 e. The topological polar surface area (TPSA) is 97.5 Å².